The molecular formula is C16H22FNO5. The van der Waals surface area contributed by atoms with Gasteiger partial charge in [0.2, 0.25) is 0 Å². The van der Waals surface area contributed by atoms with Crippen LogP contribution in [0.2, 0.25) is 0 Å². The molecule has 1 aromatic carbocycles. The van der Waals surface area contributed by atoms with Gasteiger partial charge in [-0.2, -0.15) is 0 Å². The van der Waals surface area contributed by atoms with Gasteiger partial charge in [-0.1, -0.05) is 0 Å². The summed E-state index contributed by atoms with van der Waals surface area (Å²) in [4.78, 5) is 23.0. The Hall–Kier alpha value is -2.31. The highest BCUT2D eigenvalue weighted by Gasteiger charge is 2.25. The van der Waals surface area contributed by atoms with E-state index in [-0.39, 0.29) is 12.0 Å². The number of carbonyl (C=O) groups excluding carboxylic acids is 1. The van der Waals surface area contributed by atoms with Crippen molar-refractivity contribution in [3.63, 3.8) is 0 Å². The summed E-state index contributed by atoms with van der Waals surface area (Å²) in [7, 11) is 0. The highest BCUT2D eigenvalue weighted by atomic mass is 19.1. The van der Waals surface area contributed by atoms with E-state index in [9.17, 15) is 19.1 Å². The van der Waals surface area contributed by atoms with Crippen molar-refractivity contribution in [3.8, 4) is 5.75 Å². The van der Waals surface area contributed by atoms with E-state index in [4.69, 9.17) is 9.47 Å². The van der Waals surface area contributed by atoms with Crippen molar-refractivity contribution in [2.24, 2.45) is 0 Å². The largest absolute Gasteiger partial charge is 0.494 e. The number of amides is 1. The minimum Gasteiger partial charge on any atom is -0.494 e. The van der Waals surface area contributed by atoms with Gasteiger partial charge >= 0.3 is 12.1 Å². The number of hydrogen-bond donors (Lipinski definition) is 2. The summed E-state index contributed by atoms with van der Waals surface area (Å²) in [6, 6.07) is 2.77. The molecule has 0 saturated carbocycles. The Labute approximate surface area is 134 Å². The number of hydrogen-bond acceptors (Lipinski definition) is 4. The molecule has 0 heterocycles. The van der Waals surface area contributed by atoms with Crippen LogP contribution in [-0.4, -0.2) is 35.4 Å². The molecule has 0 radical (unpaired) electrons. The molecule has 0 spiro atoms. The van der Waals surface area contributed by atoms with Crippen LogP contribution in [0.15, 0.2) is 18.2 Å². The minimum absolute atomic E-state index is 0.138. The lowest BCUT2D eigenvalue weighted by Gasteiger charge is -2.22. The molecule has 0 bridgehead atoms. The average molecular weight is 327 g/mol. The Morgan fingerprint density at radius 2 is 2.00 bits per heavy atom. The lowest BCUT2D eigenvalue weighted by Crippen LogP contribution is -2.44. The monoisotopic (exact) mass is 327 g/mol. The molecule has 1 amide bonds. The molecular weight excluding hydrogens is 305 g/mol. The van der Waals surface area contributed by atoms with Gasteiger partial charge in [-0.3, -0.25) is 0 Å². The van der Waals surface area contributed by atoms with Crippen LogP contribution in [0.4, 0.5) is 9.18 Å². The Morgan fingerprint density at radius 1 is 1.35 bits per heavy atom. The van der Waals surface area contributed by atoms with E-state index in [2.05, 4.69) is 5.32 Å². The average Bonchev–Trinajstić information content (AvgIpc) is 2.39. The van der Waals surface area contributed by atoms with Crippen LogP contribution in [-0.2, 0) is 16.0 Å². The third-order valence-corrected chi connectivity index (χ3v) is 2.74. The maximum Gasteiger partial charge on any atom is 0.408 e. The zero-order chi connectivity index (χ0) is 17.6. The van der Waals surface area contributed by atoms with E-state index < -0.39 is 29.5 Å². The van der Waals surface area contributed by atoms with Gasteiger partial charge in [0.05, 0.1) is 6.61 Å². The second kappa shape index (κ2) is 7.80. The summed E-state index contributed by atoms with van der Waals surface area (Å²) in [6.07, 6.45) is -1.09. The first-order valence-electron chi connectivity index (χ1n) is 7.26. The highest BCUT2D eigenvalue weighted by Crippen LogP contribution is 2.19. The fourth-order valence-corrected chi connectivity index (χ4v) is 1.83. The Bertz CT molecular complexity index is 568. The number of halogens is 1. The molecule has 1 rings (SSSR count). The van der Waals surface area contributed by atoms with Gasteiger partial charge < -0.3 is 19.9 Å². The van der Waals surface area contributed by atoms with E-state index in [0.29, 0.717) is 12.4 Å². The lowest BCUT2D eigenvalue weighted by atomic mass is 10.1. The summed E-state index contributed by atoms with van der Waals surface area (Å²) in [5.74, 6) is -1.41. The molecule has 0 aliphatic rings. The SMILES string of the molecule is CCOc1ccc(F)c(CC(NC(=O)OC(C)(C)C)C(=O)O)c1. The predicted octanol–water partition coefficient (Wildman–Crippen LogP) is 2.74. The van der Waals surface area contributed by atoms with Gasteiger partial charge in [-0.15, -0.1) is 0 Å². The summed E-state index contributed by atoms with van der Waals surface area (Å²) < 4.78 is 24.1. The summed E-state index contributed by atoms with van der Waals surface area (Å²) >= 11 is 0. The molecule has 7 heteroatoms. The molecule has 0 aliphatic carbocycles. The van der Waals surface area contributed by atoms with Gasteiger partial charge in [0.1, 0.15) is 23.2 Å². The molecule has 128 valence electrons. The zero-order valence-electron chi connectivity index (χ0n) is 13.7. The molecule has 2 N–H and O–H groups in total. The Kier molecular flexibility index (Phi) is 6.36. The van der Waals surface area contributed by atoms with Crippen molar-refractivity contribution < 1.29 is 28.6 Å². The van der Waals surface area contributed by atoms with Crippen LogP contribution in [0.25, 0.3) is 0 Å². The zero-order valence-corrected chi connectivity index (χ0v) is 13.7. The minimum atomic E-state index is -1.31. The van der Waals surface area contributed by atoms with E-state index in [1.165, 1.54) is 18.2 Å². The van der Waals surface area contributed by atoms with Crippen molar-refractivity contribution in [3.05, 3.63) is 29.6 Å². The number of carbonyl (C=O) groups is 2. The molecule has 0 fully saturated rings. The molecule has 23 heavy (non-hydrogen) atoms. The van der Waals surface area contributed by atoms with Crippen molar-refractivity contribution in [1.82, 2.24) is 5.32 Å². The normalized spacial score (nSPS) is 12.4. The van der Waals surface area contributed by atoms with Gasteiger partial charge in [0.25, 0.3) is 0 Å². The first kappa shape index (κ1) is 18.7. The standard InChI is InChI=1S/C16H22FNO5/c1-5-22-11-6-7-12(17)10(8-11)9-13(14(19)20)18-15(21)23-16(2,3)4/h6-8,13H,5,9H2,1-4H3,(H,18,21)(H,19,20). The topological polar surface area (TPSA) is 84.9 Å². The molecule has 1 atom stereocenters. The van der Waals surface area contributed by atoms with Crippen LogP contribution in [0, 0.1) is 5.82 Å². The van der Waals surface area contributed by atoms with Crippen molar-refractivity contribution >= 4 is 12.1 Å². The van der Waals surface area contributed by atoms with Gasteiger partial charge in [0.15, 0.2) is 0 Å². The van der Waals surface area contributed by atoms with Gasteiger partial charge in [0, 0.05) is 6.42 Å². The van der Waals surface area contributed by atoms with Crippen molar-refractivity contribution in [2.45, 2.75) is 45.8 Å². The molecule has 0 aromatic heterocycles. The lowest BCUT2D eigenvalue weighted by molar-refractivity contribution is -0.139. The van der Waals surface area contributed by atoms with Crippen LogP contribution in [0.3, 0.4) is 0 Å². The Morgan fingerprint density at radius 3 is 2.52 bits per heavy atom. The molecule has 6 nitrogen and oxygen atoms in total. The van der Waals surface area contributed by atoms with E-state index in [1.807, 2.05) is 0 Å². The molecule has 0 aliphatic heterocycles. The van der Waals surface area contributed by atoms with Gasteiger partial charge in [-0.05, 0) is 51.5 Å². The van der Waals surface area contributed by atoms with Gasteiger partial charge in [-0.25, -0.2) is 14.0 Å². The fraction of sp³-hybridized carbons (Fsp3) is 0.500. The second-order valence-corrected chi connectivity index (χ2v) is 5.93. The number of nitrogens with one attached hydrogen (secondary N) is 1. The second-order valence-electron chi connectivity index (χ2n) is 5.93. The van der Waals surface area contributed by atoms with E-state index in [1.54, 1.807) is 27.7 Å². The van der Waals surface area contributed by atoms with Crippen LogP contribution >= 0.6 is 0 Å². The fourth-order valence-electron chi connectivity index (χ4n) is 1.83. The summed E-state index contributed by atoms with van der Waals surface area (Å²) in [5.41, 5.74) is -0.618. The quantitative estimate of drug-likeness (QED) is 0.839. The molecule has 1 aromatic rings. The number of benzene rings is 1. The number of carboxylic acids is 1. The molecule has 1 unspecified atom stereocenters. The van der Waals surface area contributed by atoms with Crippen LogP contribution in [0.5, 0.6) is 5.75 Å². The Balaban J connectivity index is 2.86. The maximum atomic E-state index is 13.8. The van der Waals surface area contributed by atoms with E-state index in [0.717, 1.165) is 0 Å². The first-order chi connectivity index (χ1) is 10.6. The number of alkyl carbamates (subject to hydrolysis) is 1. The highest BCUT2D eigenvalue weighted by molar-refractivity contribution is 5.80. The number of rotatable bonds is 6. The third-order valence-electron chi connectivity index (χ3n) is 2.74. The predicted molar refractivity (Wildman–Crippen MR) is 82.1 cm³/mol. The summed E-state index contributed by atoms with van der Waals surface area (Å²) in [6.45, 7) is 7.17. The van der Waals surface area contributed by atoms with Crippen molar-refractivity contribution in [1.29, 1.82) is 0 Å². The van der Waals surface area contributed by atoms with Crippen molar-refractivity contribution in [2.75, 3.05) is 6.61 Å². The van der Waals surface area contributed by atoms with E-state index >= 15 is 0 Å². The number of aliphatic carboxylic acids is 1. The van der Waals surface area contributed by atoms with Crippen LogP contribution in [0.1, 0.15) is 33.3 Å². The smallest absolute Gasteiger partial charge is 0.408 e. The number of ether oxygens (including phenoxy) is 2. The summed E-state index contributed by atoms with van der Waals surface area (Å²) in [5, 5.41) is 11.5. The maximum absolute atomic E-state index is 13.8. The third kappa shape index (κ3) is 6.54. The number of carboxylic acid groups (broad SMARTS) is 1. The van der Waals surface area contributed by atoms with Crippen LogP contribution < -0.4 is 10.1 Å². The first-order valence-corrected chi connectivity index (χ1v) is 7.26. The molecule has 0 saturated heterocycles.